The van der Waals surface area contributed by atoms with Gasteiger partial charge in [0.25, 0.3) is 0 Å². The van der Waals surface area contributed by atoms with Crippen molar-refractivity contribution in [2.24, 2.45) is 22.2 Å². The number of hydrogen-bond donors (Lipinski definition) is 4. The summed E-state index contributed by atoms with van der Waals surface area (Å²) in [4.78, 5) is 17.7. The number of aliphatic imine (C=N–C) groups is 1. The summed E-state index contributed by atoms with van der Waals surface area (Å²) in [5.41, 5.74) is 15.4. The van der Waals surface area contributed by atoms with E-state index >= 15 is 0 Å². The molecule has 0 aliphatic heterocycles. The fraction of sp³-hybridized carbons (Fsp3) is 0.667. The molecule has 0 bridgehead atoms. The first-order chi connectivity index (χ1) is 6.07. The summed E-state index contributed by atoms with van der Waals surface area (Å²) in [6.45, 7) is 0.398. The van der Waals surface area contributed by atoms with Crippen molar-refractivity contribution in [3.63, 3.8) is 0 Å². The minimum atomic E-state index is -0.857. The molecule has 7 nitrogen and oxygen atoms in total. The molecule has 0 fully saturated rings. The molecule has 1 atom stereocenters. The number of rotatable bonds is 5. The highest BCUT2D eigenvalue weighted by Crippen LogP contribution is 1.96. The van der Waals surface area contributed by atoms with Gasteiger partial charge in [0.1, 0.15) is 6.04 Å². The maximum Gasteiger partial charge on any atom is 0.358 e. The van der Waals surface area contributed by atoms with Crippen molar-refractivity contribution >= 4 is 11.9 Å². The van der Waals surface area contributed by atoms with E-state index in [1.54, 1.807) is 0 Å². The predicted molar refractivity (Wildman–Crippen MR) is 46.6 cm³/mol. The van der Waals surface area contributed by atoms with Crippen molar-refractivity contribution in [2.45, 2.75) is 18.9 Å². The lowest BCUT2D eigenvalue weighted by molar-refractivity contribution is -0.235. The zero-order valence-corrected chi connectivity index (χ0v) is 7.14. The van der Waals surface area contributed by atoms with E-state index in [-0.39, 0.29) is 5.96 Å². The Morgan fingerprint density at radius 1 is 1.54 bits per heavy atom. The Labute approximate surface area is 75.5 Å². The minimum absolute atomic E-state index is 0.00157. The van der Waals surface area contributed by atoms with Crippen molar-refractivity contribution < 1.29 is 14.9 Å². The summed E-state index contributed by atoms with van der Waals surface area (Å²) in [5, 5.41) is 7.95. The molecular weight excluding hydrogens is 176 g/mol. The first kappa shape index (κ1) is 11.7. The van der Waals surface area contributed by atoms with Crippen LogP contribution in [-0.4, -0.2) is 29.8 Å². The van der Waals surface area contributed by atoms with Gasteiger partial charge in [0, 0.05) is 6.54 Å². The fourth-order valence-corrected chi connectivity index (χ4v) is 0.705. The van der Waals surface area contributed by atoms with Crippen molar-refractivity contribution in [3.05, 3.63) is 0 Å². The monoisotopic (exact) mass is 190 g/mol. The molecule has 0 radical (unpaired) electrons. The zero-order chi connectivity index (χ0) is 10.3. The molecule has 0 aromatic heterocycles. The molecule has 0 aromatic rings. The van der Waals surface area contributed by atoms with Gasteiger partial charge in [0.15, 0.2) is 5.96 Å². The van der Waals surface area contributed by atoms with E-state index in [4.69, 9.17) is 22.5 Å². The summed E-state index contributed by atoms with van der Waals surface area (Å²) in [5.74, 6) is -0.858. The number of carbonyl (C=O) groups excluding carboxylic acids is 1. The molecule has 1 unspecified atom stereocenters. The summed E-state index contributed by atoms with van der Waals surface area (Å²) < 4.78 is 0. The second-order valence-electron chi connectivity index (χ2n) is 2.47. The topological polar surface area (TPSA) is 137 Å². The van der Waals surface area contributed by atoms with Crippen molar-refractivity contribution in [1.29, 1.82) is 0 Å². The number of carbonyl (C=O) groups is 1. The third-order valence-corrected chi connectivity index (χ3v) is 1.36. The molecule has 0 aromatic carbocycles. The van der Waals surface area contributed by atoms with Gasteiger partial charge in [-0.25, -0.2) is 4.79 Å². The van der Waals surface area contributed by atoms with E-state index in [0.717, 1.165) is 0 Å². The highest BCUT2D eigenvalue weighted by molar-refractivity contribution is 5.75. The molecule has 0 aliphatic carbocycles. The average molecular weight is 190 g/mol. The first-order valence-electron chi connectivity index (χ1n) is 3.74. The summed E-state index contributed by atoms with van der Waals surface area (Å²) in [6.07, 6.45) is 0.907. The molecule has 0 saturated heterocycles. The number of nitrogens with zero attached hydrogens (tertiary/aromatic N) is 1. The minimum Gasteiger partial charge on any atom is -0.370 e. The fourth-order valence-electron chi connectivity index (χ4n) is 0.705. The van der Waals surface area contributed by atoms with Crippen LogP contribution >= 0.6 is 0 Å². The van der Waals surface area contributed by atoms with Gasteiger partial charge < -0.3 is 17.2 Å². The van der Waals surface area contributed by atoms with Gasteiger partial charge in [0.05, 0.1) is 0 Å². The van der Waals surface area contributed by atoms with Crippen LogP contribution in [0.3, 0.4) is 0 Å². The Balaban J connectivity index is 3.53. The Bertz CT molecular complexity index is 190. The van der Waals surface area contributed by atoms with Gasteiger partial charge in [-0.2, -0.15) is 5.26 Å². The van der Waals surface area contributed by atoms with Gasteiger partial charge in [0.2, 0.25) is 0 Å². The highest BCUT2D eigenvalue weighted by Gasteiger charge is 2.13. The zero-order valence-electron chi connectivity index (χ0n) is 7.14. The third-order valence-electron chi connectivity index (χ3n) is 1.36. The van der Waals surface area contributed by atoms with Crippen LogP contribution in [0.25, 0.3) is 0 Å². The van der Waals surface area contributed by atoms with Gasteiger partial charge in [-0.3, -0.25) is 9.88 Å². The van der Waals surface area contributed by atoms with E-state index in [2.05, 4.69) is 9.88 Å². The van der Waals surface area contributed by atoms with E-state index in [9.17, 15) is 4.79 Å². The van der Waals surface area contributed by atoms with Crippen molar-refractivity contribution in [1.82, 2.24) is 0 Å². The first-order valence-corrected chi connectivity index (χ1v) is 3.74. The van der Waals surface area contributed by atoms with Crippen molar-refractivity contribution in [3.8, 4) is 0 Å². The largest absolute Gasteiger partial charge is 0.370 e. The molecule has 0 rings (SSSR count). The second-order valence-corrected chi connectivity index (χ2v) is 2.47. The van der Waals surface area contributed by atoms with E-state index < -0.39 is 12.0 Å². The second kappa shape index (κ2) is 6.21. The van der Waals surface area contributed by atoms with Gasteiger partial charge in [-0.05, 0) is 12.8 Å². The molecular formula is C6H14N4O3. The van der Waals surface area contributed by atoms with Gasteiger partial charge in [-0.1, -0.05) is 0 Å². The van der Waals surface area contributed by atoms with Crippen LogP contribution in [0.15, 0.2) is 4.99 Å². The average Bonchev–Trinajstić information content (AvgIpc) is 2.10. The summed E-state index contributed by atoms with van der Waals surface area (Å²) in [7, 11) is 0. The Morgan fingerprint density at radius 3 is 2.62 bits per heavy atom. The maximum atomic E-state index is 10.6. The Hall–Kier alpha value is -1.34. The lowest BCUT2D eigenvalue weighted by Crippen LogP contribution is -2.31. The van der Waals surface area contributed by atoms with Gasteiger partial charge >= 0.3 is 5.97 Å². The molecule has 0 amide bonds. The highest BCUT2D eigenvalue weighted by atomic mass is 17.1. The van der Waals surface area contributed by atoms with Crippen LogP contribution < -0.4 is 17.2 Å². The van der Waals surface area contributed by atoms with Gasteiger partial charge in [-0.15, -0.1) is 0 Å². The molecule has 76 valence electrons. The van der Waals surface area contributed by atoms with E-state index in [1.165, 1.54) is 0 Å². The maximum absolute atomic E-state index is 10.6. The molecule has 0 heterocycles. The van der Waals surface area contributed by atoms with Crippen LogP contribution in [0.1, 0.15) is 12.8 Å². The van der Waals surface area contributed by atoms with Crippen LogP contribution in [-0.2, 0) is 9.68 Å². The van der Waals surface area contributed by atoms with Crippen LogP contribution in [0.4, 0.5) is 0 Å². The quantitative estimate of drug-likeness (QED) is 0.135. The lowest BCUT2D eigenvalue weighted by Gasteiger charge is -2.05. The summed E-state index contributed by atoms with van der Waals surface area (Å²) in [6, 6.07) is -0.834. The normalized spacial score (nSPS) is 11.8. The smallest absolute Gasteiger partial charge is 0.358 e. The number of nitrogens with two attached hydrogens (primary N) is 3. The standard InChI is InChI=1S/C6H14N4O3/c7-4(5(11)13-12)2-1-3-10-6(8)9/h4,12H,1-3,7H2,(H4,8,9,10). The number of hydrogen-bond acceptors (Lipinski definition) is 5. The van der Waals surface area contributed by atoms with Crippen molar-refractivity contribution in [2.75, 3.05) is 6.54 Å². The molecule has 0 aliphatic rings. The van der Waals surface area contributed by atoms with Crippen LogP contribution in [0, 0.1) is 0 Å². The molecule has 0 saturated carbocycles. The number of guanidine groups is 1. The molecule has 0 spiro atoms. The summed E-state index contributed by atoms with van der Waals surface area (Å²) >= 11 is 0. The third kappa shape index (κ3) is 5.88. The van der Waals surface area contributed by atoms with Crippen LogP contribution in [0.2, 0.25) is 0 Å². The molecule has 7 N–H and O–H groups in total. The van der Waals surface area contributed by atoms with E-state index in [1.807, 2.05) is 0 Å². The predicted octanol–water partition coefficient (Wildman–Crippen LogP) is -1.62. The molecule has 13 heavy (non-hydrogen) atoms. The molecule has 7 heteroatoms. The Kier molecular flexibility index (Phi) is 5.57. The van der Waals surface area contributed by atoms with Crippen LogP contribution in [0.5, 0.6) is 0 Å². The SMILES string of the molecule is NC(N)=NCCCC(N)C(=O)OO. The van der Waals surface area contributed by atoms with E-state index in [0.29, 0.717) is 19.4 Å². The Morgan fingerprint density at radius 2 is 2.15 bits per heavy atom. The lowest BCUT2D eigenvalue weighted by atomic mass is 10.2.